The van der Waals surface area contributed by atoms with Crippen molar-refractivity contribution in [2.45, 2.75) is 45.1 Å². The number of ether oxygens (including phenoxy) is 1. The molecule has 6 nitrogen and oxygen atoms in total. The van der Waals surface area contributed by atoms with Crippen LogP contribution in [-0.2, 0) is 4.79 Å². The van der Waals surface area contributed by atoms with E-state index >= 15 is 0 Å². The average Bonchev–Trinajstić information content (AvgIpc) is 3.23. The van der Waals surface area contributed by atoms with Crippen LogP contribution in [0.3, 0.4) is 0 Å². The Balaban J connectivity index is 1.70. The molecular formula is C22H28N2O4. The van der Waals surface area contributed by atoms with Gasteiger partial charge in [-0.15, -0.1) is 0 Å². The van der Waals surface area contributed by atoms with Crippen LogP contribution in [0.4, 0.5) is 0 Å². The Morgan fingerprint density at radius 3 is 2.46 bits per heavy atom. The van der Waals surface area contributed by atoms with Crippen LogP contribution in [0.5, 0.6) is 5.75 Å². The van der Waals surface area contributed by atoms with Gasteiger partial charge >= 0.3 is 0 Å². The topological polar surface area (TPSA) is 80.6 Å². The lowest BCUT2D eigenvalue weighted by atomic mass is 9.83. The van der Waals surface area contributed by atoms with Gasteiger partial charge in [0, 0.05) is 12.6 Å². The number of amides is 2. The SMILES string of the molecule is CCOc1ccc(-c2ccc(C(=O)N[C@H](C(=O)NC)C3CCCCC3)o2)cc1. The Labute approximate surface area is 165 Å². The Hall–Kier alpha value is -2.76. The molecule has 2 amide bonds. The minimum atomic E-state index is -0.531. The van der Waals surface area contributed by atoms with Gasteiger partial charge in [-0.05, 0) is 62.1 Å². The van der Waals surface area contributed by atoms with Crippen LogP contribution in [-0.4, -0.2) is 31.5 Å². The fourth-order valence-corrected chi connectivity index (χ4v) is 3.73. The van der Waals surface area contributed by atoms with Gasteiger partial charge in [-0.1, -0.05) is 19.3 Å². The molecule has 1 fully saturated rings. The van der Waals surface area contributed by atoms with Gasteiger partial charge in [0.25, 0.3) is 5.91 Å². The molecule has 3 rings (SSSR count). The molecule has 1 aromatic heterocycles. The molecule has 6 heteroatoms. The van der Waals surface area contributed by atoms with Crippen LogP contribution in [0.1, 0.15) is 49.6 Å². The van der Waals surface area contributed by atoms with E-state index in [4.69, 9.17) is 9.15 Å². The number of furan rings is 1. The Bertz CT molecular complexity index is 791. The quantitative estimate of drug-likeness (QED) is 0.761. The molecule has 1 aromatic carbocycles. The molecule has 0 aliphatic heterocycles. The molecule has 0 bridgehead atoms. The lowest BCUT2D eigenvalue weighted by molar-refractivity contribution is -0.124. The highest BCUT2D eigenvalue weighted by atomic mass is 16.5. The number of hydrogen-bond donors (Lipinski definition) is 2. The molecular weight excluding hydrogens is 356 g/mol. The minimum Gasteiger partial charge on any atom is -0.494 e. The van der Waals surface area contributed by atoms with Crippen molar-refractivity contribution >= 4 is 11.8 Å². The van der Waals surface area contributed by atoms with E-state index in [0.29, 0.717) is 12.4 Å². The first-order chi connectivity index (χ1) is 13.6. The van der Waals surface area contributed by atoms with Gasteiger partial charge in [0.1, 0.15) is 17.6 Å². The van der Waals surface area contributed by atoms with Crippen LogP contribution in [0.2, 0.25) is 0 Å². The standard InChI is InChI=1S/C22H28N2O4/c1-3-27-17-11-9-15(10-12-17)18-13-14-19(28-18)21(25)24-20(22(26)23-2)16-7-5-4-6-8-16/h9-14,16,20H,3-8H2,1-2H3,(H,23,26)(H,24,25)/t20-/m0/s1. The summed E-state index contributed by atoms with van der Waals surface area (Å²) in [7, 11) is 1.60. The third-order valence-electron chi connectivity index (χ3n) is 5.22. The smallest absolute Gasteiger partial charge is 0.287 e. The number of carbonyl (C=O) groups is 2. The summed E-state index contributed by atoms with van der Waals surface area (Å²) in [6.45, 7) is 2.54. The molecule has 0 spiro atoms. The van der Waals surface area contributed by atoms with Crippen molar-refractivity contribution in [1.29, 1.82) is 0 Å². The number of carbonyl (C=O) groups excluding carboxylic acids is 2. The third kappa shape index (κ3) is 4.74. The number of benzene rings is 1. The molecule has 1 aliphatic rings. The lowest BCUT2D eigenvalue weighted by Crippen LogP contribution is -2.50. The summed E-state index contributed by atoms with van der Waals surface area (Å²) in [5.74, 6) is 1.24. The Morgan fingerprint density at radius 2 is 1.82 bits per heavy atom. The highest BCUT2D eigenvalue weighted by molar-refractivity contribution is 5.96. The number of hydrogen-bond acceptors (Lipinski definition) is 4. The Kier molecular flexibility index (Phi) is 6.74. The zero-order valence-electron chi connectivity index (χ0n) is 16.5. The molecule has 0 radical (unpaired) electrons. The molecule has 0 saturated heterocycles. The maximum absolute atomic E-state index is 12.7. The van der Waals surface area contributed by atoms with Crippen LogP contribution < -0.4 is 15.4 Å². The van der Waals surface area contributed by atoms with Crippen molar-refractivity contribution in [3.8, 4) is 17.1 Å². The maximum Gasteiger partial charge on any atom is 0.287 e. The number of likely N-dealkylation sites (N-methyl/N-ethyl adjacent to an activating group) is 1. The van der Waals surface area contributed by atoms with Crippen LogP contribution in [0.15, 0.2) is 40.8 Å². The van der Waals surface area contributed by atoms with E-state index in [9.17, 15) is 9.59 Å². The van der Waals surface area contributed by atoms with Gasteiger partial charge in [0.05, 0.1) is 6.61 Å². The van der Waals surface area contributed by atoms with Crippen molar-refractivity contribution < 1.29 is 18.7 Å². The second kappa shape index (κ2) is 9.44. The summed E-state index contributed by atoms with van der Waals surface area (Å²) in [5, 5.41) is 5.55. The molecule has 1 atom stereocenters. The molecule has 1 heterocycles. The molecule has 1 saturated carbocycles. The minimum absolute atomic E-state index is 0.154. The van der Waals surface area contributed by atoms with E-state index in [1.165, 1.54) is 6.42 Å². The van der Waals surface area contributed by atoms with Crippen molar-refractivity contribution in [3.05, 3.63) is 42.2 Å². The van der Waals surface area contributed by atoms with E-state index in [1.54, 1.807) is 19.2 Å². The first-order valence-electron chi connectivity index (χ1n) is 9.98. The van der Waals surface area contributed by atoms with Gasteiger partial charge in [-0.25, -0.2) is 0 Å². The van der Waals surface area contributed by atoms with E-state index in [1.807, 2.05) is 31.2 Å². The fourth-order valence-electron chi connectivity index (χ4n) is 3.73. The monoisotopic (exact) mass is 384 g/mol. The summed E-state index contributed by atoms with van der Waals surface area (Å²) < 4.78 is 11.2. The van der Waals surface area contributed by atoms with E-state index in [2.05, 4.69) is 10.6 Å². The largest absolute Gasteiger partial charge is 0.494 e. The average molecular weight is 384 g/mol. The molecule has 1 aliphatic carbocycles. The predicted octanol–water partition coefficient (Wildman–Crippen LogP) is 3.77. The van der Waals surface area contributed by atoms with Crippen LogP contribution >= 0.6 is 0 Å². The Morgan fingerprint density at radius 1 is 1.11 bits per heavy atom. The maximum atomic E-state index is 12.7. The first-order valence-corrected chi connectivity index (χ1v) is 9.98. The van der Waals surface area contributed by atoms with Gasteiger partial charge in [0.2, 0.25) is 5.91 Å². The summed E-state index contributed by atoms with van der Waals surface area (Å²) >= 11 is 0. The molecule has 28 heavy (non-hydrogen) atoms. The highest BCUT2D eigenvalue weighted by Gasteiger charge is 2.31. The predicted molar refractivity (Wildman–Crippen MR) is 107 cm³/mol. The van der Waals surface area contributed by atoms with E-state index in [-0.39, 0.29) is 23.5 Å². The lowest BCUT2D eigenvalue weighted by Gasteiger charge is -2.29. The summed E-state index contributed by atoms with van der Waals surface area (Å²) in [4.78, 5) is 25.0. The van der Waals surface area contributed by atoms with Crippen molar-refractivity contribution in [2.24, 2.45) is 5.92 Å². The zero-order valence-corrected chi connectivity index (χ0v) is 16.5. The van der Waals surface area contributed by atoms with Gasteiger partial charge in [0.15, 0.2) is 5.76 Å². The molecule has 150 valence electrons. The van der Waals surface area contributed by atoms with Crippen LogP contribution in [0.25, 0.3) is 11.3 Å². The highest BCUT2D eigenvalue weighted by Crippen LogP contribution is 2.28. The first kappa shape index (κ1) is 20.0. The van der Waals surface area contributed by atoms with Crippen LogP contribution in [0, 0.1) is 5.92 Å². The summed E-state index contributed by atoms with van der Waals surface area (Å²) in [6.07, 6.45) is 5.28. The molecule has 2 aromatic rings. The van der Waals surface area contributed by atoms with E-state index < -0.39 is 6.04 Å². The second-order valence-electron chi connectivity index (χ2n) is 7.08. The van der Waals surface area contributed by atoms with Crippen molar-refractivity contribution in [1.82, 2.24) is 10.6 Å². The summed E-state index contributed by atoms with van der Waals surface area (Å²) in [5.41, 5.74) is 0.859. The zero-order chi connectivity index (χ0) is 19.9. The molecule has 2 N–H and O–H groups in total. The fraction of sp³-hybridized carbons (Fsp3) is 0.455. The normalized spacial score (nSPS) is 15.6. The van der Waals surface area contributed by atoms with Gasteiger partial charge < -0.3 is 19.8 Å². The second-order valence-corrected chi connectivity index (χ2v) is 7.08. The number of nitrogens with one attached hydrogen (secondary N) is 2. The van der Waals surface area contributed by atoms with Crippen molar-refractivity contribution in [2.75, 3.05) is 13.7 Å². The number of rotatable bonds is 7. The van der Waals surface area contributed by atoms with Gasteiger partial charge in [-0.2, -0.15) is 0 Å². The van der Waals surface area contributed by atoms with Crippen molar-refractivity contribution in [3.63, 3.8) is 0 Å². The van der Waals surface area contributed by atoms with Gasteiger partial charge in [-0.3, -0.25) is 9.59 Å². The van der Waals surface area contributed by atoms with E-state index in [0.717, 1.165) is 37.0 Å². The molecule has 0 unspecified atom stereocenters. The summed E-state index contributed by atoms with van der Waals surface area (Å²) in [6, 6.07) is 10.4. The third-order valence-corrected chi connectivity index (χ3v) is 5.22.